The van der Waals surface area contributed by atoms with Crippen molar-refractivity contribution in [3.8, 4) is 0 Å². The van der Waals surface area contributed by atoms with Crippen LogP contribution in [0.3, 0.4) is 0 Å². The lowest BCUT2D eigenvalue weighted by molar-refractivity contribution is 0.0619. The Hall–Kier alpha value is -0.970. The van der Waals surface area contributed by atoms with E-state index >= 15 is 0 Å². The second kappa shape index (κ2) is 5.21. The zero-order valence-corrected chi connectivity index (χ0v) is 9.67. The minimum Gasteiger partial charge on any atom is -0.336 e. The first-order valence-corrected chi connectivity index (χ1v) is 5.10. The van der Waals surface area contributed by atoms with Crippen LogP contribution < -0.4 is 0 Å². The topological polar surface area (TPSA) is 20.3 Å². The van der Waals surface area contributed by atoms with Gasteiger partial charge in [-0.2, -0.15) is 0 Å². The van der Waals surface area contributed by atoms with Crippen LogP contribution in [0, 0.1) is 0 Å². The standard InChI is InChI=1S/C10H10BrF2NO/c1-14(6-9(12)13)10(15)7-4-2-3-5-8(7)11/h2-5,9H,6H2,1H3. The van der Waals surface area contributed by atoms with E-state index in [9.17, 15) is 13.6 Å². The minimum absolute atomic E-state index is 0.389. The molecular weight excluding hydrogens is 268 g/mol. The highest BCUT2D eigenvalue weighted by Gasteiger charge is 2.17. The van der Waals surface area contributed by atoms with Gasteiger partial charge in [0.1, 0.15) is 0 Å². The highest BCUT2D eigenvalue weighted by molar-refractivity contribution is 9.10. The molecule has 1 amide bonds. The molecule has 0 bridgehead atoms. The van der Waals surface area contributed by atoms with Gasteiger partial charge in [-0.25, -0.2) is 8.78 Å². The number of alkyl halides is 2. The number of nitrogens with zero attached hydrogens (tertiary/aromatic N) is 1. The fourth-order valence-corrected chi connectivity index (χ4v) is 1.58. The molecule has 5 heteroatoms. The van der Waals surface area contributed by atoms with Crippen molar-refractivity contribution >= 4 is 21.8 Å². The molecule has 0 radical (unpaired) electrons. The SMILES string of the molecule is CN(CC(F)F)C(=O)c1ccccc1Br. The van der Waals surface area contributed by atoms with Gasteiger partial charge in [0.25, 0.3) is 12.3 Å². The summed E-state index contributed by atoms with van der Waals surface area (Å²) < 4.78 is 24.7. The predicted octanol–water partition coefficient (Wildman–Crippen LogP) is 2.79. The summed E-state index contributed by atoms with van der Waals surface area (Å²) in [6.45, 7) is -0.555. The predicted molar refractivity (Wildman–Crippen MR) is 57.1 cm³/mol. The van der Waals surface area contributed by atoms with E-state index in [0.29, 0.717) is 10.0 Å². The Bertz CT molecular complexity index is 357. The minimum atomic E-state index is -2.51. The van der Waals surface area contributed by atoms with E-state index in [0.717, 1.165) is 4.90 Å². The molecule has 0 saturated heterocycles. The molecule has 1 rings (SSSR count). The third-order valence-electron chi connectivity index (χ3n) is 1.86. The summed E-state index contributed by atoms with van der Waals surface area (Å²) in [5.74, 6) is -0.414. The maximum atomic E-state index is 12.1. The maximum Gasteiger partial charge on any atom is 0.255 e. The zero-order valence-electron chi connectivity index (χ0n) is 8.08. The Morgan fingerprint density at radius 1 is 1.47 bits per heavy atom. The van der Waals surface area contributed by atoms with Gasteiger partial charge in [-0.3, -0.25) is 4.79 Å². The lowest BCUT2D eigenvalue weighted by Gasteiger charge is -2.17. The van der Waals surface area contributed by atoms with Crippen molar-refractivity contribution in [2.75, 3.05) is 13.6 Å². The van der Waals surface area contributed by atoms with Crippen LogP contribution in [0.4, 0.5) is 8.78 Å². The third kappa shape index (κ3) is 3.27. The first-order valence-electron chi connectivity index (χ1n) is 4.30. The van der Waals surface area contributed by atoms with E-state index < -0.39 is 18.9 Å². The van der Waals surface area contributed by atoms with Crippen molar-refractivity contribution in [1.29, 1.82) is 0 Å². The number of amides is 1. The van der Waals surface area contributed by atoms with Gasteiger partial charge in [-0.1, -0.05) is 12.1 Å². The molecule has 1 aromatic rings. The number of halogens is 3. The highest BCUT2D eigenvalue weighted by Crippen LogP contribution is 2.17. The smallest absolute Gasteiger partial charge is 0.255 e. The molecule has 1 aromatic carbocycles. The Morgan fingerprint density at radius 2 is 2.07 bits per heavy atom. The Morgan fingerprint density at radius 3 is 2.60 bits per heavy atom. The second-order valence-corrected chi connectivity index (χ2v) is 3.91. The second-order valence-electron chi connectivity index (χ2n) is 3.06. The lowest BCUT2D eigenvalue weighted by atomic mass is 10.2. The van der Waals surface area contributed by atoms with Gasteiger partial charge in [0.2, 0.25) is 0 Å². The van der Waals surface area contributed by atoms with Crippen LogP contribution in [0.1, 0.15) is 10.4 Å². The maximum absolute atomic E-state index is 12.1. The van der Waals surface area contributed by atoms with Gasteiger partial charge in [-0.05, 0) is 28.1 Å². The molecule has 0 fully saturated rings. The van der Waals surface area contributed by atoms with Crippen LogP contribution in [0.5, 0.6) is 0 Å². The van der Waals surface area contributed by atoms with E-state index in [2.05, 4.69) is 15.9 Å². The van der Waals surface area contributed by atoms with E-state index in [4.69, 9.17) is 0 Å². The first kappa shape index (κ1) is 12.1. The van der Waals surface area contributed by atoms with Gasteiger partial charge in [-0.15, -0.1) is 0 Å². The fraction of sp³-hybridized carbons (Fsp3) is 0.300. The molecule has 0 spiro atoms. The molecule has 0 aliphatic carbocycles. The van der Waals surface area contributed by atoms with Crippen molar-refractivity contribution in [2.24, 2.45) is 0 Å². The van der Waals surface area contributed by atoms with Crippen LogP contribution in [-0.2, 0) is 0 Å². The molecule has 0 aromatic heterocycles. The molecule has 2 nitrogen and oxygen atoms in total. The van der Waals surface area contributed by atoms with Crippen LogP contribution >= 0.6 is 15.9 Å². The van der Waals surface area contributed by atoms with E-state index in [1.54, 1.807) is 24.3 Å². The van der Waals surface area contributed by atoms with Gasteiger partial charge in [0.15, 0.2) is 0 Å². The normalized spacial score (nSPS) is 10.5. The third-order valence-corrected chi connectivity index (χ3v) is 2.55. The van der Waals surface area contributed by atoms with Gasteiger partial charge >= 0.3 is 0 Å². The molecule has 0 aliphatic heterocycles. The summed E-state index contributed by atoms with van der Waals surface area (Å²) in [6.07, 6.45) is -2.51. The summed E-state index contributed by atoms with van der Waals surface area (Å²) in [5, 5.41) is 0. The van der Waals surface area contributed by atoms with Crippen LogP contribution in [0.25, 0.3) is 0 Å². The molecule has 0 atom stereocenters. The van der Waals surface area contributed by atoms with Crippen molar-refractivity contribution in [3.05, 3.63) is 34.3 Å². The summed E-state index contributed by atoms with van der Waals surface area (Å²) in [4.78, 5) is 12.7. The van der Waals surface area contributed by atoms with Crippen molar-refractivity contribution in [2.45, 2.75) is 6.43 Å². The molecular formula is C10H10BrF2NO. The molecule has 0 unspecified atom stereocenters. The molecule has 0 aliphatic rings. The number of hydrogen-bond donors (Lipinski definition) is 0. The fourth-order valence-electron chi connectivity index (χ4n) is 1.13. The lowest BCUT2D eigenvalue weighted by Crippen LogP contribution is -2.31. The largest absolute Gasteiger partial charge is 0.336 e. The average Bonchev–Trinajstić information content (AvgIpc) is 2.16. The van der Waals surface area contributed by atoms with Crippen LogP contribution in [0.15, 0.2) is 28.7 Å². The Balaban J connectivity index is 2.81. The monoisotopic (exact) mass is 277 g/mol. The van der Waals surface area contributed by atoms with Gasteiger partial charge in [0.05, 0.1) is 12.1 Å². The number of carbonyl (C=O) groups excluding carboxylic acids is 1. The van der Waals surface area contributed by atoms with Crippen LogP contribution in [-0.4, -0.2) is 30.8 Å². The summed E-state index contributed by atoms with van der Waals surface area (Å²) >= 11 is 3.20. The number of benzene rings is 1. The summed E-state index contributed by atoms with van der Waals surface area (Å²) in [5.41, 5.74) is 0.389. The molecule has 15 heavy (non-hydrogen) atoms. The van der Waals surface area contributed by atoms with Gasteiger partial charge in [0, 0.05) is 11.5 Å². The van der Waals surface area contributed by atoms with E-state index in [1.807, 2.05) is 0 Å². The first-order chi connectivity index (χ1) is 7.02. The van der Waals surface area contributed by atoms with E-state index in [-0.39, 0.29) is 0 Å². The van der Waals surface area contributed by atoms with Crippen molar-refractivity contribution < 1.29 is 13.6 Å². The highest BCUT2D eigenvalue weighted by atomic mass is 79.9. The Kier molecular flexibility index (Phi) is 4.20. The zero-order chi connectivity index (χ0) is 11.4. The van der Waals surface area contributed by atoms with Crippen molar-refractivity contribution in [1.82, 2.24) is 4.90 Å². The average molecular weight is 278 g/mol. The molecule has 0 saturated carbocycles. The summed E-state index contributed by atoms with van der Waals surface area (Å²) in [7, 11) is 1.36. The number of carbonyl (C=O) groups is 1. The van der Waals surface area contributed by atoms with E-state index in [1.165, 1.54) is 7.05 Å². The number of rotatable bonds is 3. The van der Waals surface area contributed by atoms with Crippen LogP contribution in [0.2, 0.25) is 0 Å². The molecule has 0 heterocycles. The summed E-state index contributed by atoms with van der Waals surface area (Å²) in [6, 6.07) is 6.74. The number of hydrogen-bond acceptors (Lipinski definition) is 1. The van der Waals surface area contributed by atoms with Gasteiger partial charge < -0.3 is 4.90 Å². The molecule has 82 valence electrons. The van der Waals surface area contributed by atoms with Crippen molar-refractivity contribution in [3.63, 3.8) is 0 Å². The quantitative estimate of drug-likeness (QED) is 0.832. The Labute approximate surface area is 95.0 Å². The molecule has 0 N–H and O–H groups in total.